The molecule has 0 aliphatic rings. The van der Waals surface area contributed by atoms with Crippen molar-refractivity contribution in [1.29, 1.82) is 0 Å². The number of carbonyl (C=O) groups excluding carboxylic acids is 2. The fourth-order valence-corrected chi connectivity index (χ4v) is 2.47. The summed E-state index contributed by atoms with van der Waals surface area (Å²) in [4.78, 5) is 46.3. The molecule has 0 spiro atoms. The average Bonchev–Trinajstić information content (AvgIpc) is 2.71. The Morgan fingerprint density at radius 1 is 1.03 bits per heavy atom. The number of hydrogen-bond acceptors (Lipinski definition) is 6. The summed E-state index contributed by atoms with van der Waals surface area (Å²) in [6, 6.07) is 13.7. The first kappa shape index (κ1) is 20.3. The molecule has 0 aliphatic heterocycles. The van der Waals surface area contributed by atoms with Crippen LogP contribution in [-0.4, -0.2) is 26.5 Å². The van der Waals surface area contributed by atoms with E-state index in [1.165, 1.54) is 6.07 Å². The second-order valence-electron chi connectivity index (χ2n) is 6.01. The number of carbonyl (C=O) groups is 2. The Labute approximate surface area is 168 Å². The van der Waals surface area contributed by atoms with E-state index in [0.717, 1.165) is 28.9 Å². The predicted molar refractivity (Wildman–Crippen MR) is 105 cm³/mol. The first-order valence-corrected chi connectivity index (χ1v) is 8.52. The largest absolute Gasteiger partial charge is 0.324 e. The summed E-state index contributed by atoms with van der Waals surface area (Å²) < 4.78 is 14.2. The van der Waals surface area contributed by atoms with Gasteiger partial charge in [0, 0.05) is 23.5 Å². The first-order chi connectivity index (χ1) is 14.3. The quantitative estimate of drug-likeness (QED) is 0.471. The number of nitrogens with one attached hydrogen (secondary N) is 2. The summed E-state index contributed by atoms with van der Waals surface area (Å²) in [5.74, 6) is -2.37. The van der Waals surface area contributed by atoms with Gasteiger partial charge in [0.25, 0.3) is 11.5 Å². The third kappa shape index (κ3) is 4.90. The van der Waals surface area contributed by atoms with Crippen LogP contribution in [0, 0.1) is 15.9 Å². The van der Waals surface area contributed by atoms with E-state index in [0.29, 0.717) is 5.69 Å². The maximum Gasteiger partial charge on any atom is 0.306 e. The number of nitro groups is 1. The normalized spacial score (nSPS) is 10.3. The molecule has 0 saturated carbocycles. The van der Waals surface area contributed by atoms with Gasteiger partial charge < -0.3 is 10.6 Å². The van der Waals surface area contributed by atoms with Gasteiger partial charge in [-0.3, -0.25) is 24.5 Å². The molecule has 30 heavy (non-hydrogen) atoms. The molecule has 2 N–H and O–H groups in total. The number of rotatable bonds is 6. The number of halogens is 1. The molecule has 0 atom stereocenters. The number of nitro benzene ring substituents is 1. The number of amides is 2. The van der Waals surface area contributed by atoms with Gasteiger partial charge in [-0.05, 0) is 30.3 Å². The second-order valence-corrected chi connectivity index (χ2v) is 6.01. The number of nitrogens with zero attached hydrogens (tertiary/aromatic N) is 3. The molecule has 10 nitrogen and oxygen atoms in total. The fourth-order valence-electron chi connectivity index (χ4n) is 2.47. The average molecular weight is 411 g/mol. The van der Waals surface area contributed by atoms with Gasteiger partial charge in [0.05, 0.1) is 4.92 Å². The summed E-state index contributed by atoms with van der Waals surface area (Å²) >= 11 is 0. The zero-order valence-corrected chi connectivity index (χ0v) is 15.2. The molecule has 1 heterocycles. The molecule has 3 aromatic rings. The lowest BCUT2D eigenvalue weighted by Crippen LogP contribution is -2.31. The van der Waals surface area contributed by atoms with Crippen LogP contribution in [0.2, 0.25) is 0 Å². The Morgan fingerprint density at radius 3 is 2.47 bits per heavy atom. The van der Waals surface area contributed by atoms with Crippen LogP contribution in [0.15, 0.2) is 65.5 Å². The highest BCUT2D eigenvalue weighted by atomic mass is 19.1. The Hall–Kier alpha value is -4.41. The summed E-state index contributed by atoms with van der Waals surface area (Å²) in [7, 11) is 0. The lowest BCUT2D eigenvalue weighted by Gasteiger charge is -2.09. The number of para-hydroxylation sites is 1. The standard InChI is InChI=1S/C19H14FN5O5/c20-14-7-6-13(10-16(14)25(29)30)21-17(26)11-24-18(27)9-8-15(23-24)19(28)22-12-4-2-1-3-5-12/h1-10H,11H2,(H,21,26)(H,22,28). The Morgan fingerprint density at radius 2 is 1.77 bits per heavy atom. The van der Waals surface area contributed by atoms with Gasteiger partial charge in [0.15, 0.2) is 0 Å². The molecule has 2 aromatic carbocycles. The van der Waals surface area contributed by atoms with E-state index >= 15 is 0 Å². The van der Waals surface area contributed by atoms with E-state index < -0.39 is 40.3 Å². The molecule has 1 aromatic heterocycles. The van der Waals surface area contributed by atoms with Gasteiger partial charge >= 0.3 is 5.69 Å². The van der Waals surface area contributed by atoms with Crippen LogP contribution in [0.1, 0.15) is 10.5 Å². The summed E-state index contributed by atoms with van der Waals surface area (Å²) in [5, 5.41) is 19.6. The molecule has 0 aliphatic carbocycles. The van der Waals surface area contributed by atoms with E-state index in [2.05, 4.69) is 15.7 Å². The van der Waals surface area contributed by atoms with Crippen molar-refractivity contribution in [2.75, 3.05) is 10.6 Å². The maximum atomic E-state index is 13.4. The summed E-state index contributed by atoms with van der Waals surface area (Å²) in [6.07, 6.45) is 0. The molecule has 152 valence electrons. The number of benzene rings is 2. The Balaban J connectivity index is 1.73. The van der Waals surface area contributed by atoms with Gasteiger partial charge in [0.1, 0.15) is 12.2 Å². The molecular weight excluding hydrogens is 397 g/mol. The van der Waals surface area contributed by atoms with E-state index in [9.17, 15) is 28.9 Å². The molecule has 0 bridgehead atoms. The molecule has 3 rings (SSSR count). The number of aromatic nitrogens is 2. The highest BCUT2D eigenvalue weighted by Crippen LogP contribution is 2.21. The van der Waals surface area contributed by atoms with Crippen molar-refractivity contribution in [3.8, 4) is 0 Å². The zero-order chi connectivity index (χ0) is 21.7. The second kappa shape index (κ2) is 8.73. The summed E-state index contributed by atoms with van der Waals surface area (Å²) in [6.45, 7) is -0.559. The zero-order valence-electron chi connectivity index (χ0n) is 15.2. The van der Waals surface area contributed by atoms with E-state index in [1.54, 1.807) is 30.3 Å². The minimum Gasteiger partial charge on any atom is -0.324 e. The van der Waals surface area contributed by atoms with Crippen molar-refractivity contribution in [2.24, 2.45) is 0 Å². The molecular formula is C19H14FN5O5. The van der Waals surface area contributed by atoms with Crippen LogP contribution in [-0.2, 0) is 11.3 Å². The van der Waals surface area contributed by atoms with Crippen LogP contribution in [0.3, 0.4) is 0 Å². The third-order valence-corrected chi connectivity index (χ3v) is 3.85. The van der Waals surface area contributed by atoms with Crippen molar-refractivity contribution in [3.63, 3.8) is 0 Å². The van der Waals surface area contributed by atoms with E-state index in [-0.39, 0.29) is 11.4 Å². The highest BCUT2D eigenvalue weighted by molar-refractivity contribution is 6.02. The van der Waals surface area contributed by atoms with Gasteiger partial charge in [-0.25, -0.2) is 4.68 Å². The van der Waals surface area contributed by atoms with Crippen LogP contribution in [0.5, 0.6) is 0 Å². The van der Waals surface area contributed by atoms with Crippen molar-refractivity contribution in [1.82, 2.24) is 9.78 Å². The van der Waals surface area contributed by atoms with Gasteiger partial charge in [-0.2, -0.15) is 9.49 Å². The first-order valence-electron chi connectivity index (χ1n) is 8.52. The van der Waals surface area contributed by atoms with E-state index in [4.69, 9.17) is 0 Å². The van der Waals surface area contributed by atoms with Crippen molar-refractivity contribution in [2.45, 2.75) is 6.54 Å². The van der Waals surface area contributed by atoms with Gasteiger partial charge in [-0.15, -0.1) is 0 Å². The Kier molecular flexibility index (Phi) is 5.92. The van der Waals surface area contributed by atoms with Gasteiger partial charge in [-0.1, -0.05) is 18.2 Å². The Bertz CT molecular complexity index is 1180. The fraction of sp³-hybridized carbons (Fsp3) is 0.0526. The topological polar surface area (TPSA) is 136 Å². The van der Waals surface area contributed by atoms with Crippen molar-refractivity contribution in [3.05, 3.63) is 92.6 Å². The maximum absolute atomic E-state index is 13.4. The number of hydrogen-bond donors (Lipinski definition) is 2. The lowest BCUT2D eigenvalue weighted by atomic mass is 10.2. The van der Waals surface area contributed by atoms with Crippen molar-refractivity contribution < 1.29 is 18.9 Å². The molecule has 0 saturated heterocycles. The van der Waals surface area contributed by atoms with Crippen LogP contribution in [0.4, 0.5) is 21.5 Å². The molecule has 0 radical (unpaired) electrons. The molecule has 2 amide bonds. The highest BCUT2D eigenvalue weighted by Gasteiger charge is 2.16. The lowest BCUT2D eigenvalue weighted by molar-refractivity contribution is -0.387. The van der Waals surface area contributed by atoms with Crippen LogP contribution in [0.25, 0.3) is 0 Å². The van der Waals surface area contributed by atoms with Crippen molar-refractivity contribution >= 4 is 28.9 Å². The monoisotopic (exact) mass is 411 g/mol. The minimum absolute atomic E-state index is 0.0286. The van der Waals surface area contributed by atoms with E-state index in [1.807, 2.05) is 0 Å². The predicted octanol–water partition coefficient (Wildman–Crippen LogP) is 2.18. The molecule has 0 fully saturated rings. The third-order valence-electron chi connectivity index (χ3n) is 3.85. The van der Waals surface area contributed by atoms with Crippen LogP contribution >= 0.6 is 0 Å². The smallest absolute Gasteiger partial charge is 0.306 e. The SMILES string of the molecule is O=C(Cn1nc(C(=O)Nc2ccccc2)ccc1=O)Nc1ccc(F)c([N+](=O)[O-])c1. The molecule has 11 heteroatoms. The van der Waals surface area contributed by atoms with Gasteiger partial charge in [0.2, 0.25) is 11.7 Å². The number of anilines is 2. The minimum atomic E-state index is -1.05. The van der Waals surface area contributed by atoms with Crippen LogP contribution < -0.4 is 16.2 Å². The summed E-state index contributed by atoms with van der Waals surface area (Å²) in [5.41, 5.74) is -1.03. The molecule has 0 unspecified atom stereocenters.